The van der Waals surface area contributed by atoms with Crippen LogP contribution in [0.1, 0.15) is 30.0 Å². The van der Waals surface area contributed by atoms with Crippen molar-refractivity contribution in [2.24, 2.45) is 0 Å². The lowest BCUT2D eigenvalue weighted by Crippen LogP contribution is -2.12. The Hall–Kier alpha value is -1.57. The zero-order valence-corrected chi connectivity index (χ0v) is 10.2. The van der Waals surface area contributed by atoms with Gasteiger partial charge in [-0.05, 0) is 12.1 Å². The average molecular weight is 289 g/mol. The summed E-state index contributed by atoms with van der Waals surface area (Å²) in [6.45, 7) is 0. The second-order valence-corrected chi connectivity index (χ2v) is 4.59. The van der Waals surface area contributed by atoms with E-state index in [1.807, 2.05) is 0 Å². The van der Waals surface area contributed by atoms with Crippen LogP contribution in [-0.4, -0.2) is 14.8 Å². The van der Waals surface area contributed by atoms with E-state index in [9.17, 15) is 17.6 Å². The quantitative estimate of drug-likeness (QED) is 0.497. The number of hydrogen-bond donors (Lipinski definition) is 1. The van der Waals surface area contributed by atoms with Gasteiger partial charge in [-0.2, -0.15) is 0 Å². The standard InChI is InChI=1S/C11H7F4N3S/c12-4-1-2-5(13)9(15)8(4)7-3-6(14)10-16-11(19)17-18(7)10/h1-2,6-7H,3H2,(H,17,19)/t6-,7-/m0/s1. The smallest absolute Gasteiger partial charge is 0.205 e. The molecule has 1 aliphatic rings. The number of thiol groups is 1. The topological polar surface area (TPSA) is 30.7 Å². The van der Waals surface area contributed by atoms with Gasteiger partial charge in [-0.15, -0.1) is 17.7 Å². The van der Waals surface area contributed by atoms with E-state index < -0.39 is 35.2 Å². The molecule has 1 aromatic carbocycles. The van der Waals surface area contributed by atoms with Gasteiger partial charge in [0.1, 0.15) is 5.82 Å². The lowest BCUT2D eigenvalue weighted by atomic mass is 10.0. The molecule has 0 spiro atoms. The molecule has 0 amide bonds. The Morgan fingerprint density at radius 1 is 1.21 bits per heavy atom. The van der Waals surface area contributed by atoms with Crippen molar-refractivity contribution >= 4 is 12.6 Å². The van der Waals surface area contributed by atoms with E-state index in [1.165, 1.54) is 0 Å². The first kappa shape index (κ1) is 12.5. The van der Waals surface area contributed by atoms with Crippen LogP contribution in [0.15, 0.2) is 17.3 Å². The van der Waals surface area contributed by atoms with Gasteiger partial charge in [-0.1, -0.05) is 0 Å². The molecule has 1 aromatic heterocycles. The molecule has 0 unspecified atom stereocenters. The minimum atomic E-state index is -1.51. The molecule has 3 nitrogen and oxygen atoms in total. The molecular formula is C11H7F4N3S. The first-order valence-corrected chi connectivity index (χ1v) is 5.86. The van der Waals surface area contributed by atoms with Crippen LogP contribution in [-0.2, 0) is 0 Å². The molecule has 3 rings (SSSR count). The first-order chi connectivity index (χ1) is 8.99. The Balaban J connectivity index is 2.17. The maximum atomic E-state index is 13.7. The molecule has 0 radical (unpaired) electrons. The number of hydrogen-bond acceptors (Lipinski definition) is 3. The number of nitrogens with zero attached hydrogens (tertiary/aromatic N) is 3. The van der Waals surface area contributed by atoms with Crippen LogP contribution in [0.3, 0.4) is 0 Å². The lowest BCUT2D eigenvalue weighted by Gasteiger charge is -2.14. The number of aromatic nitrogens is 3. The van der Waals surface area contributed by atoms with Gasteiger partial charge in [-0.3, -0.25) is 0 Å². The number of rotatable bonds is 1. The van der Waals surface area contributed by atoms with Crippen molar-refractivity contribution in [1.82, 2.24) is 14.8 Å². The van der Waals surface area contributed by atoms with E-state index >= 15 is 0 Å². The summed E-state index contributed by atoms with van der Waals surface area (Å²) in [5.74, 6) is -3.52. The van der Waals surface area contributed by atoms with Crippen molar-refractivity contribution in [2.45, 2.75) is 23.8 Å². The molecule has 0 saturated carbocycles. The Morgan fingerprint density at radius 2 is 1.89 bits per heavy atom. The summed E-state index contributed by atoms with van der Waals surface area (Å²) in [7, 11) is 0. The van der Waals surface area contributed by atoms with E-state index in [0.29, 0.717) is 6.07 Å². The molecule has 2 aromatic rings. The summed E-state index contributed by atoms with van der Waals surface area (Å²) in [5.41, 5.74) is -0.542. The van der Waals surface area contributed by atoms with Crippen LogP contribution in [0, 0.1) is 17.5 Å². The molecule has 0 fully saturated rings. The minimum absolute atomic E-state index is 0.000399. The molecule has 0 aliphatic carbocycles. The van der Waals surface area contributed by atoms with Crippen molar-refractivity contribution in [1.29, 1.82) is 0 Å². The number of fused-ring (bicyclic) bond motifs is 1. The van der Waals surface area contributed by atoms with Crippen molar-refractivity contribution < 1.29 is 17.6 Å². The Morgan fingerprint density at radius 3 is 2.63 bits per heavy atom. The number of alkyl halides is 1. The fourth-order valence-corrected chi connectivity index (χ4v) is 2.45. The van der Waals surface area contributed by atoms with Gasteiger partial charge in [0.15, 0.2) is 23.6 Å². The van der Waals surface area contributed by atoms with Crippen molar-refractivity contribution in [2.75, 3.05) is 0 Å². The van der Waals surface area contributed by atoms with Gasteiger partial charge in [0.2, 0.25) is 5.16 Å². The molecule has 2 atom stereocenters. The Kier molecular flexibility index (Phi) is 2.77. The summed E-state index contributed by atoms with van der Waals surface area (Å²) < 4.78 is 55.4. The van der Waals surface area contributed by atoms with Crippen molar-refractivity contribution in [3.8, 4) is 0 Å². The minimum Gasteiger partial charge on any atom is -0.239 e. The molecule has 19 heavy (non-hydrogen) atoms. The normalized spacial score (nSPS) is 21.7. The molecule has 0 N–H and O–H groups in total. The monoisotopic (exact) mass is 289 g/mol. The summed E-state index contributed by atoms with van der Waals surface area (Å²) in [5, 5.41) is 3.78. The number of benzene rings is 1. The summed E-state index contributed by atoms with van der Waals surface area (Å²) in [4.78, 5) is 3.73. The highest BCUT2D eigenvalue weighted by Gasteiger charge is 2.38. The molecule has 100 valence electrons. The summed E-state index contributed by atoms with van der Waals surface area (Å²) in [6.07, 6.45) is -1.75. The van der Waals surface area contributed by atoms with Crippen LogP contribution in [0.5, 0.6) is 0 Å². The van der Waals surface area contributed by atoms with E-state index in [0.717, 1.165) is 10.7 Å². The largest absolute Gasteiger partial charge is 0.239 e. The average Bonchev–Trinajstić information content (AvgIpc) is 2.86. The van der Waals surface area contributed by atoms with E-state index in [2.05, 4.69) is 22.7 Å². The van der Waals surface area contributed by atoms with Crippen LogP contribution in [0.2, 0.25) is 0 Å². The van der Waals surface area contributed by atoms with Gasteiger partial charge < -0.3 is 0 Å². The molecule has 0 saturated heterocycles. The van der Waals surface area contributed by atoms with Crippen LogP contribution >= 0.6 is 12.6 Å². The van der Waals surface area contributed by atoms with E-state index in [1.54, 1.807) is 0 Å². The highest BCUT2D eigenvalue weighted by Crippen LogP contribution is 2.41. The second-order valence-electron chi connectivity index (χ2n) is 4.19. The highest BCUT2D eigenvalue weighted by atomic mass is 32.1. The fourth-order valence-electron chi connectivity index (χ4n) is 2.26. The predicted octanol–water partition coefficient (Wildman–Crippen LogP) is 2.99. The fraction of sp³-hybridized carbons (Fsp3) is 0.273. The van der Waals surface area contributed by atoms with Crippen molar-refractivity contribution in [3.63, 3.8) is 0 Å². The van der Waals surface area contributed by atoms with Gasteiger partial charge in [-0.25, -0.2) is 27.2 Å². The third-order valence-electron chi connectivity index (χ3n) is 3.06. The summed E-state index contributed by atoms with van der Waals surface area (Å²) >= 11 is 3.86. The van der Waals surface area contributed by atoms with Gasteiger partial charge in [0.05, 0.1) is 11.6 Å². The predicted molar refractivity (Wildman–Crippen MR) is 60.2 cm³/mol. The third kappa shape index (κ3) is 1.81. The van der Waals surface area contributed by atoms with E-state index in [-0.39, 0.29) is 17.4 Å². The lowest BCUT2D eigenvalue weighted by molar-refractivity contribution is 0.322. The first-order valence-electron chi connectivity index (χ1n) is 5.42. The van der Waals surface area contributed by atoms with Gasteiger partial charge in [0.25, 0.3) is 0 Å². The maximum Gasteiger partial charge on any atom is 0.205 e. The van der Waals surface area contributed by atoms with Crippen molar-refractivity contribution in [3.05, 3.63) is 41.0 Å². The number of halogens is 4. The van der Waals surface area contributed by atoms with E-state index in [4.69, 9.17) is 0 Å². The highest BCUT2D eigenvalue weighted by molar-refractivity contribution is 7.80. The molecule has 1 aliphatic heterocycles. The van der Waals surface area contributed by atoms with Crippen LogP contribution < -0.4 is 0 Å². The van der Waals surface area contributed by atoms with Gasteiger partial charge >= 0.3 is 0 Å². The van der Waals surface area contributed by atoms with Crippen LogP contribution in [0.4, 0.5) is 17.6 Å². The second kappa shape index (κ2) is 4.22. The summed E-state index contributed by atoms with van der Waals surface area (Å²) in [6, 6.07) is 0.425. The zero-order chi connectivity index (χ0) is 13.7. The molecule has 2 heterocycles. The maximum absolute atomic E-state index is 13.7. The molecular weight excluding hydrogens is 282 g/mol. The van der Waals surface area contributed by atoms with Gasteiger partial charge in [0, 0.05) is 6.42 Å². The SMILES string of the molecule is Fc1ccc(F)c([C@@H]2C[C@H](F)c3nc(S)nn32)c1F. The third-order valence-corrected chi connectivity index (χ3v) is 3.25. The zero-order valence-electron chi connectivity index (χ0n) is 9.32. The molecule has 0 bridgehead atoms. The Labute approximate surface area is 110 Å². The molecule has 8 heteroatoms. The van der Waals surface area contributed by atoms with Crippen LogP contribution in [0.25, 0.3) is 0 Å². The Bertz CT molecular complexity index is 658.